The summed E-state index contributed by atoms with van der Waals surface area (Å²) in [6.45, 7) is 5.96. The van der Waals surface area contributed by atoms with Gasteiger partial charge in [-0.15, -0.1) is 0 Å². The second-order valence-corrected chi connectivity index (χ2v) is 5.45. The molecular weight excluding hydrogens is 304 g/mol. The summed E-state index contributed by atoms with van der Waals surface area (Å²) in [5.41, 5.74) is 2.42. The van der Waals surface area contributed by atoms with Crippen molar-refractivity contribution in [2.75, 3.05) is 13.7 Å². The van der Waals surface area contributed by atoms with Crippen molar-refractivity contribution in [1.29, 1.82) is 0 Å². The highest BCUT2D eigenvalue weighted by molar-refractivity contribution is 6.14. The predicted molar refractivity (Wildman–Crippen MR) is 92.8 cm³/mol. The van der Waals surface area contributed by atoms with Crippen molar-refractivity contribution >= 4 is 11.9 Å². The minimum Gasteiger partial charge on any atom is -0.493 e. The molecule has 24 heavy (non-hydrogen) atoms. The van der Waals surface area contributed by atoms with Crippen LogP contribution in [0.1, 0.15) is 21.5 Å². The van der Waals surface area contributed by atoms with Gasteiger partial charge in [-0.1, -0.05) is 30.4 Å². The minimum absolute atomic E-state index is 0.111. The van der Waals surface area contributed by atoms with Crippen molar-refractivity contribution < 1.29 is 19.0 Å². The minimum atomic E-state index is -0.111. The Bertz CT molecular complexity index is 834. The van der Waals surface area contributed by atoms with Gasteiger partial charge in [0.05, 0.1) is 12.7 Å². The van der Waals surface area contributed by atoms with Gasteiger partial charge in [0.2, 0.25) is 5.78 Å². The molecule has 0 aliphatic carbocycles. The van der Waals surface area contributed by atoms with Gasteiger partial charge in [-0.3, -0.25) is 4.79 Å². The third kappa shape index (κ3) is 3.04. The molecule has 0 amide bonds. The van der Waals surface area contributed by atoms with Crippen LogP contribution in [0.25, 0.3) is 6.08 Å². The first-order chi connectivity index (χ1) is 11.6. The zero-order chi connectivity index (χ0) is 17.1. The van der Waals surface area contributed by atoms with Crippen molar-refractivity contribution in [3.8, 4) is 17.2 Å². The molecule has 0 spiro atoms. The molecule has 0 radical (unpaired) electrons. The van der Waals surface area contributed by atoms with Gasteiger partial charge in [0.25, 0.3) is 0 Å². The van der Waals surface area contributed by atoms with E-state index in [1.165, 1.54) is 0 Å². The molecule has 0 atom stereocenters. The Morgan fingerprint density at radius 3 is 2.75 bits per heavy atom. The maximum Gasteiger partial charge on any atom is 0.231 e. The standard InChI is InChI=1S/C20H18O4/c1-4-9-23-17-8-6-14(11-18(17)22-3)12-19-20(21)15-10-13(2)5-7-16(15)24-19/h4-8,10-12H,1,9H2,2-3H3/b19-12-. The van der Waals surface area contributed by atoms with E-state index in [1.54, 1.807) is 31.4 Å². The fourth-order valence-corrected chi connectivity index (χ4v) is 2.50. The molecule has 3 rings (SSSR count). The van der Waals surface area contributed by atoms with Crippen molar-refractivity contribution in [3.05, 3.63) is 71.5 Å². The van der Waals surface area contributed by atoms with Crippen molar-refractivity contribution in [2.45, 2.75) is 6.92 Å². The highest BCUT2D eigenvalue weighted by Crippen LogP contribution is 2.34. The normalized spacial score (nSPS) is 14.2. The SMILES string of the molecule is C=CCOc1ccc(/C=C2\Oc3ccc(C)cc3C2=O)cc1OC. The summed E-state index contributed by atoms with van der Waals surface area (Å²) in [6.07, 6.45) is 3.37. The van der Waals surface area contributed by atoms with Crippen molar-refractivity contribution in [1.82, 2.24) is 0 Å². The smallest absolute Gasteiger partial charge is 0.231 e. The number of aryl methyl sites for hydroxylation is 1. The van der Waals surface area contributed by atoms with E-state index in [0.717, 1.165) is 11.1 Å². The number of allylic oxidation sites excluding steroid dienone is 1. The largest absolute Gasteiger partial charge is 0.493 e. The Morgan fingerprint density at radius 1 is 1.17 bits per heavy atom. The first-order valence-corrected chi connectivity index (χ1v) is 7.59. The Balaban J connectivity index is 1.89. The number of Topliss-reactive ketones (excluding diaryl/α,β-unsaturated/α-hetero) is 1. The predicted octanol–water partition coefficient (Wildman–Crippen LogP) is 4.18. The van der Waals surface area contributed by atoms with Crippen molar-refractivity contribution in [3.63, 3.8) is 0 Å². The lowest BCUT2D eigenvalue weighted by molar-refractivity contribution is 0.101. The fourth-order valence-electron chi connectivity index (χ4n) is 2.50. The molecule has 0 N–H and O–H groups in total. The van der Waals surface area contributed by atoms with E-state index < -0.39 is 0 Å². The van der Waals surface area contributed by atoms with Crippen LogP contribution in [0.5, 0.6) is 17.2 Å². The van der Waals surface area contributed by atoms with Gasteiger partial charge >= 0.3 is 0 Å². The van der Waals surface area contributed by atoms with Gasteiger partial charge in [-0.25, -0.2) is 0 Å². The molecule has 4 nitrogen and oxygen atoms in total. The van der Waals surface area contributed by atoms with Gasteiger partial charge in [-0.2, -0.15) is 0 Å². The van der Waals surface area contributed by atoms with Crippen LogP contribution in [0, 0.1) is 6.92 Å². The first-order valence-electron chi connectivity index (χ1n) is 7.59. The Labute approximate surface area is 141 Å². The van der Waals surface area contributed by atoms with Crippen LogP contribution < -0.4 is 14.2 Å². The molecule has 0 saturated heterocycles. The summed E-state index contributed by atoms with van der Waals surface area (Å²) in [5, 5.41) is 0. The molecule has 1 heterocycles. The molecule has 1 aliphatic heterocycles. The molecular formula is C20H18O4. The molecule has 4 heteroatoms. The Kier molecular flexibility index (Phi) is 4.38. The Morgan fingerprint density at radius 2 is 2.00 bits per heavy atom. The number of hydrogen-bond donors (Lipinski definition) is 0. The zero-order valence-corrected chi connectivity index (χ0v) is 13.7. The number of ether oxygens (including phenoxy) is 3. The number of rotatable bonds is 5. The van der Waals surface area contributed by atoms with Gasteiger partial charge in [0.1, 0.15) is 12.4 Å². The van der Waals surface area contributed by atoms with E-state index in [9.17, 15) is 4.79 Å². The van der Waals surface area contributed by atoms with Crippen molar-refractivity contribution in [2.24, 2.45) is 0 Å². The monoisotopic (exact) mass is 322 g/mol. The molecule has 0 unspecified atom stereocenters. The van der Waals surface area contributed by atoms with Crippen LogP contribution in [-0.4, -0.2) is 19.5 Å². The third-order valence-electron chi connectivity index (χ3n) is 3.67. The van der Waals surface area contributed by atoms with E-state index in [2.05, 4.69) is 6.58 Å². The Hall–Kier alpha value is -3.01. The summed E-state index contributed by atoms with van der Waals surface area (Å²) in [6, 6.07) is 11.0. The highest BCUT2D eigenvalue weighted by Gasteiger charge is 2.27. The van der Waals surface area contributed by atoms with Crippen LogP contribution in [0.2, 0.25) is 0 Å². The maximum absolute atomic E-state index is 12.5. The molecule has 122 valence electrons. The number of carbonyl (C=O) groups is 1. The van der Waals surface area contributed by atoms with Crippen LogP contribution in [0.4, 0.5) is 0 Å². The average molecular weight is 322 g/mol. The number of methoxy groups -OCH3 is 1. The quantitative estimate of drug-likeness (QED) is 0.612. The molecule has 0 aromatic heterocycles. The summed E-state index contributed by atoms with van der Waals surface area (Å²) in [4.78, 5) is 12.5. The van der Waals surface area contributed by atoms with Gasteiger partial charge < -0.3 is 14.2 Å². The summed E-state index contributed by atoms with van der Waals surface area (Å²) >= 11 is 0. The van der Waals surface area contributed by atoms with E-state index in [0.29, 0.717) is 35.2 Å². The van der Waals surface area contributed by atoms with Crippen LogP contribution in [0.3, 0.4) is 0 Å². The fraction of sp³-hybridized carbons (Fsp3) is 0.150. The lowest BCUT2D eigenvalue weighted by Crippen LogP contribution is -1.99. The lowest BCUT2D eigenvalue weighted by Gasteiger charge is -2.10. The molecule has 0 saturated carbocycles. The zero-order valence-electron chi connectivity index (χ0n) is 13.7. The molecule has 2 aromatic carbocycles. The van der Waals surface area contributed by atoms with E-state index >= 15 is 0 Å². The maximum atomic E-state index is 12.5. The number of fused-ring (bicyclic) bond motifs is 1. The molecule has 0 bridgehead atoms. The van der Waals surface area contributed by atoms with E-state index in [1.807, 2.05) is 31.2 Å². The number of benzene rings is 2. The second kappa shape index (κ2) is 6.62. The summed E-state index contributed by atoms with van der Waals surface area (Å²) < 4.78 is 16.5. The number of hydrogen-bond acceptors (Lipinski definition) is 4. The molecule has 1 aliphatic rings. The van der Waals surface area contributed by atoms with Crippen LogP contribution in [-0.2, 0) is 0 Å². The first kappa shape index (κ1) is 15.9. The van der Waals surface area contributed by atoms with Gasteiger partial charge in [0, 0.05) is 0 Å². The average Bonchev–Trinajstić information content (AvgIpc) is 2.89. The molecule has 2 aromatic rings. The van der Waals surface area contributed by atoms with Crippen LogP contribution in [0.15, 0.2) is 54.8 Å². The van der Waals surface area contributed by atoms with E-state index in [4.69, 9.17) is 14.2 Å². The van der Waals surface area contributed by atoms with Gasteiger partial charge in [0.15, 0.2) is 17.3 Å². The summed E-state index contributed by atoms with van der Waals surface area (Å²) in [5.74, 6) is 1.99. The van der Waals surface area contributed by atoms with Crippen LogP contribution >= 0.6 is 0 Å². The number of ketones is 1. The van der Waals surface area contributed by atoms with Gasteiger partial charge in [-0.05, 0) is 42.8 Å². The summed E-state index contributed by atoms with van der Waals surface area (Å²) in [7, 11) is 1.57. The second-order valence-electron chi connectivity index (χ2n) is 5.45. The molecule has 0 fully saturated rings. The highest BCUT2D eigenvalue weighted by atomic mass is 16.5. The number of carbonyl (C=O) groups excluding carboxylic acids is 1. The third-order valence-corrected chi connectivity index (χ3v) is 3.67. The lowest BCUT2D eigenvalue weighted by atomic mass is 10.1. The topological polar surface area (TPSA) is 44.8 Å². The van der Waals surface area contributed by atoms with E-state index in [-0.39, 0.29) is 5.78 Å².